The van der Waals surface area contributed by atoms with E-state index in [4.69, 9.17) is 0 Å². The predicted octanol–water partition coefficient (Wildman–Crippen LogP) is 2.09. The van der Waals surface area contributed by atoms with E-state index >= 15 is 0 Å². The van der Waals surface area contributed by atoms with Crippen LogP contribution in [0.4, 0.5) is 0 Å². The molecule has 1 aromatic carbocycles. The van der Waals surface area contributed by atoms with Gasteiger partial charge in [-0.05, 0) is 36.7 Å². The summed E-state index contributed by atoms with van der Waals surface area (Å²) >= 11 is 0. The third-order valence-electron chi connectivity index (χ3n) is 4.91. The van der Waals surface area contributed by atoms with Gasteiger partial charge >= 0.3 is 5.97 Å². The average molecular weight is 287 g/mol. The van der Waals surface area contributed by atoms with Gasteiger partial charge in [0.15, 0.2) is 0 Å². The highest BCUT2D eigenvalue weighted by Gasteiger charge is 2.56. The van der Waals surface area contributed by atoms with E-state index in [1.165, 1.54) is 6.42 Å². The highest BCUT2D eigenvalue weighted by molar-refractivity contribution is 5.83. The number of aliphatic carboxylic acids is 1. The zero-order valence-corrected chi connectivity index (χ0v) is 12.0. The van der Waals surface area contributed by atoms with Gasteiger partial charge in [0.1, 0.15) is 0 Å². The predicted molar refractivity (Wildman–Crippen MR) is 78.6 cm³/mol. The van der Waals surface area contributed by atoms with Crippen molar-refractivity contribution < 1.29 is 14.7 Å². The zero-order valence-electron chi connectivity index (χ0n) is 12.0. The van der Waals surface area contributed by atoms with Crippen molar-refractivity contribution in [3.05, 3.63) is 35.9 Å². The fraction of sp³-hybridized carbons (Fsp3) is 0.529. The maximum absolute atomic E-state index is 12.1. The van der Waals surface area contributed by atoms with Gasteiger partial charge in [0, 0.05) is 12.5 Å². The van der Waals surface area contributed by atoms with Crippen molar-refractivity contribution in [2.75, 3.05) is 6.54 Å². The van der Waals surface area contributed by atoms with E-state index in [0.717, 1.165) is 18.4 Å². The molecule has 0 aliphatic heterocycles. The van der Waals surface area contributed by atoms with Crippen LogP contribution in [-0.4, -0.2) is 23.5 Å². The summed E-state index contributed by atoms with van der Waals surface area (Å²) in [6, 6.07) is 9.55. The number of carboxylic acids is 1. The van der Waals surface area contributed by atoms with Gasteiger partial charge in [0.2, 0.25) is 5.91 Å². The minimum atomic E-state index is -0.852. The van der Waals surface area contributed by atoms with Gasteiger partial charge in [-0.15, -0.1) is 0 Å². The molecule has 3 atom stereocenters. The number of nitrogens with one attached hydrogen (secondary N) is 1. The Hall–Kier alpha value is -1.84. The SMILES string of the molecule is O=C(O)C(CNC(=O)C1C2CCCC21)Cc1ccccc1. The number of hydrogen-bond donors (Lipinski definition) is 2. The maximum atomic E-state index is 12.1. The maximum Gasteiger partial charge on any atom is 0.308 e. The Bertz CT molecular complexity index is 518. The fourth-order valence-electron chi connectivity index (χ4n) is 3.70. The molecular formula is C17H21NO3. The van der Waals surface area contributed by atoms with Crippen LogP contribution in [0.5, 0.6) is 0 Å². The van der Waals surface area contributed by atoms with Crippen LogP contribution >= 0.6 is 0 Å². The van der Waals surface area contributed by atoms with Crippen LogP contribution in [0.25, 0.3) is 0 Å². The van der Waals surface area contributed by atoms with E-state index in [2.05, 4.69) is 5.32 Å². The minimum absolute atomic E-state index is 0.0593. The van der Waals surface area contributed by atoms with E-state index < -0.39 is 11.9 Å². The van der Waals surface area contributed by atoms with Crippen LogP contribution in [0.15, 0.2) is 30.3 Å². The molecule has 2 fully saturated rings. The number of rotatable bonds is 6. The molecule has 112 valence electrons. The lowest BCUT2D eigenvalue weighted by atomic mass is 9.99. The molecule has 3 unspecified atom stereocenters. The van der Waals surface area contributed by atoms with Crippen LogP contribution < -0.4 is 5.32 Å². The summed E-state index contributed by atoms with van der Waals surface area (Å²) in [5.74, 6) is -0.0520. The molecule has 0 aromatic heterocycles. The lowest BCUT2D eigenvalue weighted by molar-refractivity contribution is -0.141. The number of fused-ring (bicyclic) bond motifs is 1. The topological polar surface area (TPSA) is 66.4 Å². The van der Waals surface area contributed by atoms with Crippen molar-refractivity contribution in [2.45, 2.75) is 25.7 Å². The summed E-state index contributed by atoms with van der Waals surface area (Å²) in [6.45, 7) is 0.221. The van der Waals surface area contributed by atoms with Gasteiger partial charge in [-0.25, -0.2) is 0 Å². The third kappa shape index (κ3) is 3.09. The first-order valence-corrected chi connectivity index (χ1v) is 7.71. The first-order valence-electron chi connectivity index (χ1n) is 7.71. The molecular weight excluding hydrogens is 266 g/mol. The molecule has 3 rings (SSSR count). The molecule has 2 saturated carbocycles. The molecule has 0 heterocycles. The molecule has 0 saturated heterocycles. The summed E-state index contributed by atoms with van der Waals surface area (Å²) in [7, 11) is 0. The Morgan fingerprint density at radius 1 is 1.19 bits per heavy atom. The second-order valence-corrected chi connectivity index (χ2v) is 6.25. The summed E-state index contributed by atoms with van der Waals surface area (Å²) in [5.41, 5.74) is 0.988. The van der Waals surface area contributed by atoms with E-state index in [1.807, 2.05) is 30.3 Å². The summed E-state index contributed by atoms with van der Waals surface area (Å²) in [5, 5.41) is 12.2. The van der Waals surface area contributed by atoms with Gasteiger partial charge in [-0.2, -0.15) is 0 Å². The largest absolute Gasteiger partial charge is 0.481 e. The Balaban J connectivity index is 1.51. The van der Waals surface area contributed by atoms with Crippen molar-refractivity contribution in [3.63, 3.8) is 0 Å². The molecule has 21 heavy (non-hydrogen) atoms. The Kier molecular flexibility index (Phi) is 3.95. The van der Waals surface area contributed by atoms with Gasteiger partial charge in [0.25, 0.3) is 0 Å². The van der Waals surface area contributed by atoms with Gasteiger partial charge < -0.3 is 10.4 Å². The highest BCUT2D eigenvalue weighted by Crippen LogP contribution is 2.57. The van der Waals surface area contributed by atoms with E-state index in [1.54, 1.807) is 0 Å². The minimum Gasteiger partial charge on any atom is -0.481 e. The summed E-state index contributed by atoms with van der Waals surface area (Å²) in [4.78, 5) is 23.4. The van der Waals surface area contributed by atoms with Crippen LogP contribution in [0.3, 0.4) is 0 Å². The molecule has 1 amide bonds. The monoisotopic (exact) mass is 287 g/mol. The number of hydrogen-bond acceptors (Lipinski definition) is 2. The van der Waals surface area contributed by atoms with E-state index in [0.29, 0.717) is 18.3 Å². The number of carbonyl (C=O) groups is 2. The van der Waals surface area contributed by atoms with Crippen LogP contribution in [0, 0.1) is 23.7 Å². The first kappa shape index (κ1) is 14.1. The molecule has 0 radical (unpaired) electrons. The highest BCUT2D eigenvalue weighted by atomic mass is 16.4. The average Bonchev–Trinajstić information content (AvgIpc) is 2.97. The number of benzene rings is 1. The lowest BCUT2D eigenvalue weighted by Crippen LogP contribution is -2.35. The first-order chi connectivity index (χ1) is 10.2. The number of carboxylic acid groups (broad SMARTS) is 1. The molecule has 2 aliphatic rings. The van der Waals surface area contributed by atoms with Crippen LogP contribution in [-0.2, 0) is 16.0 Å². The fourth-order valence-corrected chi connectivity index (χ4v) is 3.70. The van der Waals surface area contributed by atoms with Gasteiger partial charge in [-0.3, -0.25) is 9.59 Å². The van der Waals surface area contributed by atoms with Crippen LogP contribution in [0.1, 0.15) is 24.8 Å². The van der Waals surface area contributed by atoms with Crippen molar-refractivity contribution >= 4 is 11.9 Å². The quantitative estimate of drug-likeness (QED) is 0.842. The lowest BCUT2D eigenvalue weighted by Gasteiger charge is -2.14. The standard InChI is InChI=1S/C17H21NO3/c19-16(15-13-7-4-8-14(13)15)18-10-12(17(20)21)9-11-5-2-1-3-6-11/h1-3,5-6,12-15H,4,7-10H2,(H,18,19)(H,20,21). The summed E-state index contributed by atoms with van der Waals surface area (Å²) < 4.78 is 0. The van der Waals surface area contributed by atoms with Crippen molar-refractivity contribution in [1.82, 2.24) is 5.32 Å². The summed E-state index contributed by atoms with van der Waals surface area (Å²) in [6.07, 6.45) is 4.02. The van der Waals surface area contributed by atoms with Gasteiger partial charge in [0.05, 0.1) is 5.92 Å². The third-order valence-corrected chi connectivity index (χ3v) is 4.91. The second kappa shape index (κ2) is 5.88. The molecule has 0 bridgehead atoms. The number of amides is 1. The second-order valence-electron chi connectivity index (χ2n) is 6.25. The van der Waals surface area contributed by atoms with Crippen molar-refractivity contribution in [1.29, 1.82) is 0 Å². The van der Waals surface area contributed by atoms with Gasteiger partial charge in [-0.1, -0.05) is 36.8 Å². The zero-order chi connectivity index (χ0) is 14.8. The molecule has 0 spiro atoms. The number of carbonyl (C=O) groups excluding carboxylic acids is 1. The Morgan fingerprint density at radius 2 is 1.86 bits per heavy atom. The van der Waals surface area contributed by atoms with Crippen LogP contribution in [0.2, 0.25) is 0 Å². The Morgan fingerprint density at radius 3 is 2.48 bits per heavy atom. The smallest absolute Gasteiger partial charge is 0.308 e. The van der Waals surface area contributed by atoms with E-state index in [9.17, 15) is 14.7 Å². The molecule has 4 heteroatoms. The van der Waals surface area contributed by atoms with Crippen molar-refractivity contribution in [3.8, 4) is 0 Å². The Labute approximate surface area is 124 Å². The van der Waals surface area contributed by atoms with E-state index in [-0.39, 0.29) is 18.4 Å². The molecule has 2 aliphatic carbocycles. The van der Waals surface area contributed by atoms with Crippen molar-refractivity contribution in [2.24, 2.45) is 23.7 Å². The normalized spacial score (nSPS) is 27.7. The molecule has 1 aromatic rings. The molecule has 2 N–H and O–H groups in total. The molecule has 4 nitrogen and oxygen atoms in total.